The van der Waals surface area contributed by atoms with E-state index in [0.29, 0.717) is 0 Å². The highest BCUT2D eigenvalue weighted by Gasteiger charge is 2.33. The van der Waals surface area contributed by atoms with Crippen LogP contribution >= 0.6 is 0 Å². The molecule has 0 radical (unpaired) electrons. The monoisotopic (exact) mass is 325 g/mol. The van der Waals surface area contributed by atoms with Gasteiger partial charge in [-0.25, -0.2) is 0 Å². The molecule has 24 heavy (non-hydrogen) atoms. The molecule has 0 amide bonds. The molecule has 1 saturated heterocycles. The molecule has 1 heterocycles. The van der Waals surface area contributed by atoms with Crippen molar-refractivity contribution >= 4 is 16.7 Å². The standard InChI is InChI=1S/C20H27N3O/c1-4-21-19(22-12-20(3)13-24-14-20)23-15(2)17-11-7-9-16-8-5-6-10-18(16)17/h5-11,15H,4,12-14H2,1-3H3,(H2,21,22,23). The van der Waals surface area contributed by atoms with E-state index in [2.05, 4.69) is 73.9 Å². The molecule has 1 aliphatic rings. The molecule has 1 fully saturated rings. The number of hydrogen-bond donors (Lipinski definition) is 2. The number of fused-ring (bicyclic) bond motifs is 1. The summed E-state index contributed by atoms with van der Waals surface area (Å²) in [5.41, 5.74) is 1.47. The number of rotatable bonds is 5. The second-order valence-electron chi connectivity index (χ2n) is 6.93. The predicted octanol–water partition coefficient (Wildman–Crippen LogP) is 3.49. The van der Waals surface area contributed by atoms with E-state index in [-0.39, 0.29) is 11.5 Å². The van der Waals surface area contributed by atoms with Gasteiger partial charge in [-0.1, -0.05) is 49.4 Å². The summed E-state index contributed by atoms with van der Waals surface area (Å²) in [5, 5.41) is 9.45. The number of guanidine groups is 1. The van der Waals surface area contributed by atoms with Crippen LogP contribution in [0.1, 0.15) is 32.4 Å². The van der Waals surface area contributed by atoms with E-state index in [4.69, 9.17) is 9.73 Å². The van der Waals surface area contributed by atoms with Crippen LogP contribution in [-0.2, 0) is 4.74 Å². The summed E-state index contributed by atoms with van der Waals surface area (Å²) >= 11 is 0. The fourth-order valence-corrected chi connectivity index (χ4v) is 3.04. The van der Waals surface area contributed by atoms with E-state index in [1.807, 2.05) is 0 Å². The fraction of sp³-hybridized carbons (Fsp3) is 0.450. The molecule has 2 N–H and O–H groups in total. The van der Waals surface area contributed by atoms with Crippen LogP contribution in [0.5, 0.6) is 0 Å². The van der Waals surface area contributed by atoms with Gasteiger partial charge in [0.25, 0.3) is 0 Å². The highest BCUT2D eigenvalue weighted by Crippen LogP contribution is 2.27. The largest absolute Gasteiger partial charge is 0.380 e. The minimum atomic E-state index is 0.180. The first kappa shape index (κ1) is 16.8. The van der Waals surface area contributed by atoms with Crippen molar-refractivity contribution in [2.45, 2.75) is 26.8 Å². The molecular weight excluding hydrogens is 298 g/mol. The number of nitrogens with one attached hydrogen (secondary N) is 2. The van der Waals surface area contributed by atoms with Crippen LogP contribution in [0.2, 0.25) is 0 Å². The van der Waals surface area contributed by atoms with Crippen molar-refractivity contribution < 1.29 is 4.74 Å². The summed E-state index contributed by atoms with van der Waals surface area (Å²) in [6, 6.07) is 15.1. The number of hydrogen-bond acceptors (Lipinski definition) is 2. The van der Waals surface area contributed by atoms with Crippen molar-refractivity contribution in [2.75, 3.05) is 26.3 Å². The molecule has 2 aromatic rings. The lowest BCUT2D eigenvalue weighted by Crippen LogP contribution is -2.44. The minimum Gasteiger partial charge on any atom is -0.380 e. The van der Waals surface area contributed by atoms with Gasteiger partial charge in [-0.05, 0) is 30.2 Å². The number of nitrogens with zero attached hydrogens (tertiary/aromatic N) is 1. The Hall–Kier alpha value is -2.07. The average Bonchev–Trinajstić information content (AvgIpc) is 2.57. The van der Waals surface area contributed by atoms with Crippen LogP contribution in [0.15, 0.2) is 47.5 Å². The highest BCUT2D eigenvalue weighted by molar-refractivity contribution is 5.87. The zero-order valence-corrected chi connectivity index (χ0v) is 14.8. The van der Waals surface area contributed by atoms with Crippen LogP contribution in [0, 0.1) is 5.41 Å². The summed E-state index contributed by atoms with van der Waals surface area (Å²) in [4.78, 5) is 4.77. The van der Waals surface area contributed by atoms with Gasteiger partial charge in [0.1, 0.15) is 0 Å². The molecule has 1 unspecified atom stereocenters. The zero-order chi connectivity index (χ0) is 17.0. The minimum absolute atomic E-state index is 0.180. The molecule has 2 aromatic carbocycles. The van der Waals surface area contributed by atoms with Gasteiger partial charge >= 0.3 is 0 Å². The zero-order valence-electron chi connectivity index (χ0n) is 14.8. The Labute approximate surface area is 144 Å². The first-order chi connectivity index (χ1) is 11.6. The topological polar surface area (TPSA) is 45.7 Å². The summed E-state index contributed by atoms with van der Waals surface area (Å²) < 4.78 is 5.32. The van der Waals surface area contributed by atoms with Gasteiger partial charge in [0.05, 0.1) is 25.8 Å². The maximum atomic E-state index is 5.32. The Kier molecular flexibility index (Phi) is 5.05. The number of aliphatic imine (C=N–C) groups is 1. The van der Waals surface area contributed by atoms with Crippen molar-refractivity contribution in [3.63, 3.8) is 0 Å². The quantitative estimate of drug-likeness (QED) is 0.653. The molecule has 3 rings (SSSR count). The molecule has 128 valence electrons. The maximum absolute atomic E-state index is 5.32. The van der Waals surface area contributed by atoms with E-state index in [1.54, 1.807) is 0 Å². The molecular formula is C20H27N3O. The van der Waals surface area contributed by atoms with Gasteiger partial charge in [0.15, 0.2) is 5.96 Å². The third-order valence-electron chi connectivity index (χ3n) is 4.51. The average molecular weight is 325 g/mol. The Bertz CT molecular complexity index is 716. The summed E-state index contributed by atoms with van der Waals surface area (Å²) in [5.74, 6) is 0.867. The maximum Gasteiger partial charge on any atom is 0.191 e. The molecule has 0 saturated carbocycles. The van der Waals surface area contributed by atoms with E-state index in [1.165, 1.54) is 16.3 Å². The molecule has 4 nitrogen and oxygen atoms in total. The SMILES string of the molecule is CCNC(=NCC1(C)COC1)NC(C)c1cccc2ccccc12. The van der Waals surface area contributed by atoms with Crippen molar-refractivity contribution in [1.82, 2.24) is 10.6 Å². The molecule has 0 aromatic heterocycles. The summed E-state index contributed by atoms with van der Waals surface area (Å²) in [6.45, 7) is 9.73. The van der Waals surface area contributed by atoms with Crippen LogP contribution in [-0.4, -0.2) is 32.3 Å². The molecule has 1 atom stereocenters. The van der Waals surface area contributed by atoms with Gasteiger partial charge < -0.3 is 15.4 Å². The predicted molar refractivity (Wildman–Crippen MR) is 100 cm³/mol. The fourth-order valence-electron chi connectivity index (χ4n) is 3.04. The van der Waals surface area contributed by atoms with Crippen molar-refractivity contribution in [3.05, 3.63) is 48.0 Å². The molecule has 1 aliphatic heterocycles. The molecule has 4 heteroatoms. The van der Waals surface area contributed by atoms with Gasteiger partial charge in [-0.2, -0.15) is 0 Å². The third-order valence-corrected chi connectivity index (χ3v) is 4.51. The summed E-state index contributed by atoms with van der Waals surface area (Å²) in [6.07, 6.45) is 0. The lowest BCUT2D eigenvalue weighted by atomic mass is 9.89. The van der Waals surface area contributed by atoms with Crippen molar-refractivity contribution in [2.24, 2.45) is 10.4 Å². The van der Waals surface area contributed by atoms with Crippen LogP contribution in [0.4, 0.5) is 0 Å². The van der Waals surface area contributed by atoms with Crippen molar-refractivity contribution in [1.29, 1.82) is 0 Å². The smallest absolute Gasteiger partial charge is 0.191 e. The van der Waals surface area contributed by atoms with Gasteiger partial charge in [-0.15, -0.1) is 0 Å². The number of ether oxygens (including phenoxy) is 1. The lowest BCUT2D eigenvalue weighted by molar-refractivity contribution is -0.0945. The van der Waals surface area contributed by atoms with Crippen LogP contribution < -0.4 is 10.6 Å². The van der Waals surface area contributed by atoms with Crippen molar-refractivity contribution in [3.8, 4) is 0 Å². The lowest BCUT2D eigenvalue weighted by Gasteiger charge is -2.36. The van der Waals surface area contributed by atoms with Gasteiger partial charge in [0.2, 0.25) is 0 Å². The Morgan fingerprint density at radius 3 is 2.67 bits per heavy atom. The van der Waals surface area contributed by atoms with Crippen LogP contribution in [0.3, 0.4) is 0 Å². The first-order valence-corrected chi connectivity index (χ1v) is 8.71. The Morgan fingerprint density at radius 1 is 1.21 bits per heavy atom. The Morgan fingerprint density at radius 2 is 1.96 bits per heavy atom. The Balaban J connectivity index is 1.77. The van der Waals surface area contributed by atoms with E-state index in [0.717, 1.165) is 32.3 Å². The van der Waals surface area contributed by atoms with E-state index >= 15 is 0 Å². The third kappa shape index (κ3) is 3.70. The van der Waals surface area contributed by atoms with E-state index in [9.17, 15) is 0 Å². The first-order valence-electron chi connectivity index (χ1n) is 8.71. The summed E-state index contributed by atoms with van der Waals surface area (Å²) in [7, 11) is 0. The van der Waals surface area contributed by atoms with Gasteiger partial charge in [0, 0.05) is 12.0 Å². The highest BCUT2D eigenvalue weighted by atomic mass is 16.5. The molecule has 0 aliphatic carbocycles. The van der Waals surface area contributed by atoms with Gasteiger partial charge in [-0.3, -0.25) is 4.99 Å². The molecule has 0 bridgehead atoms. The number of benzene rings is 2. The van der Waals surface area contributed by atoms with E-state index < -0.39 is 0 Å². The second-order valence-corrected chi connectivity index (χ2v) is 6.93. The van der Waals surface area contributed by atoms with Crippen LogP contribution in [0.25, 0.3) is 10.8 Å². The normalized spacial score (nSPS) is 18.0. The molecule has 0 spiro atoms. The second kappa shape index (κ2) is 7.22.